The minimum absolute atomic E-state index is 0.159. The molecule has 1 atom stereocenters. The minimum atomic E-state index is 0.159. The normalized spacial score (nSPS) is 12.8. The summed E-state index contributed by atoms with van der Waals surface area (Å²) in [5, 5.41) is 4.60. The quantitative estimate of drug-likeness (QED) is 0.609. The van der Waals surface area contributed by atoms with Crippen molar-refractivity contribution in [2.24, 2.45) is 5.84 Å². The third-order valence-corrected chi connectivity index (χ3v) is 4.91. The number of thiophene rings is 1. The Kier molecular flexibility index (Phi) is 5.34. The smallest absolute Gasteiger partial charge is 0.0624 e. The van der Waals surface area contributed by atoms with Crippen molar-refractivity contribution in [3.05, 3.63) is 39.3 Å². The highest BCUT2D eigenvalue weighted by atomic mass is 32.1. The molecule has 110 valence electrons. The highest BCUT2D eigenvalue weighted by Gasteiger charge is 2.16. The molecule has 3 N–H and O–H groups in total. The first-order valence-electron chi connectivity index (χ1n) is 7.32. The van der Waals surface area contributed by atoms with Gasteiger partial charge in [0.05, 0.1) is 11.7 Å². The molecule has 0 amide bonds. The van der Waals surface area contributed by atoms with Crippen LogP contribution in [0.5, 0.6) is 0 Å². The van der Waals surface area contributed by atoms with Crippen LogP contribution >= 0.6 is 11.3 Å². The number of nitrogens with zero attached hydrogens (tertiary/aromatic N) is 2. The lowest BCUT2D eigenvalue weighted by atomic mass is 10.1. The molecule has 0 aliphatic rings. The predicted octanol–water partition coefficient (Wildman–Crippen LogP) is 2.84. The van der Waals surface area contributed by atoms with Crippen LogP contribution in [0.1, 0.15) is 48.0 Å². The van der Waals surface area contributed by atoms with Gasteiger partial charge in [0, 0.05) is 28.4 Å². The van der Waals surface area contributed by atoms with E-state index in [1.165, 1.54) is 15.4 Å². The van der Waals surface area contributed by atoms with E-state index < -0.39 is 0 Å². The topological polar surface area (TPSA) is 55.9 Å². The summed E-state index contributed by atoms with van der Waals surface area (Å²) < 4.78 is 2.08. The van der Waals surface area contributed by atoms with Crippen molar-refractivity contribution in [1.29, 1.82) is 0 Å². The first-order valence-corrected chi connectivity index (χ1v) is 8.13. The van der Waals surface area contributed by atoms with Crippen molar-refractivity contribution in [1.82, 2.24) is 15.2 Å². The van der Waals surface area contributed by atoms with Crippen molar-refractivity contribution in [3.8, 4) is 0 Å². The monoisotopic (exact) mass is 292 g/mol. The maximum Gasteiger partial charge on any atom is 0.0624 e. The Morgan fingerprint density at radius 2 is 2.10 bits per heavy atom. The van der Waals surface area contributed by atoms with E-state index in [-0.39, 0.29) is 6.04 Å². The molecule has 0 bridgehead atoms. The van der Waals surface area contributed by atoms with Crippen LogP contribution in [-0.2, 0) is 25.8 Å². The van der Waals surface area contributed by atoms with Crippen molar-refractivity contribution in [2.45, 2.75) is 52.6 Å². The Hall–Kier alpha value is -1.17. The van der Waals surface area contributed by atoms with Gasteiger partial charge in [-0.05, 0) is 38.0 Å². The maximum absolute atomic E-state index is 5.76. The summed E-state index contributed by atoms with van der Waals surface area (Å²) in [6, 6.07) is 6.73. The van der Waals surface area contributed by atoms with Crippen molar-refractivity contribution in [3.63, 3.8) is 0 Å². The Labute approximate surface area is 125 Å². The zero-order valence-corrected chi connectivity index (χ0v) is 13.3. The van der Waals surface area contributed by atoms with E-state index in [2.05, 4.69) is 54.2 Å². The van der Waals surface area contributed by atoms with Gasteiger partial charge >= 0.3 is 0 Å². The van der Waals surface area contributed by atoms with E-state index in [1.807, 2.05) is 11.3 Å². The Morgan fingerprint density at radius 1 is 1.30 bits per heavy atom. The molecule has 0 saturated carbocycles. The molecule has 0 fully saturated rings. The lowest BCUT2D eigenvalue weighted by Crippen LogP contribution is -2.29. The molecule has 0 saturated heterocycles. The van der Waals surface area contributed by atoms with E-state index in [4.69, 9.17) is 5.84 Å². The first-order chi connectivity index (χ1) is 9.71. The van der Waals surface area contributed by atoms with E-state index >= 15 is 0 Å². The second-order valence-corrected chi connectivity index (χ2v) is 6.08. The summed E-state index contributed by atoms with van der Waals surface area (Å²) in [5.74, 6) is 5.76. The lowest BCUT2D eigenvalue weighted by molar-refractivity contribution is 0.522. The summed E-state index contributed by atoms with van der Waals surface area (Å²) in [6.45, 7) is 7.34. The van der Waals surface area contributed by atoms with Crippen molar-refractivity contribution in [2.75, 3.05) is 0 Å². The molecule has 2 rings (SSSR count). The van der Waals surface area contributed by atoms with Gasteiger partial charge in [0.25, 0.3) is 0 Å². The average molecular weight is 292 g/mol. The van der Waals surface area contributed by atoms with E-state index in [0.717, 1.165) is 31.5 Å². The molecule has 0 radical (unpaired) electrons. The average Bonchev–Trinajstić information content (AvgIpc) is 3.10. The van der Waals surface area contributed by atoms with Gasteiger partial charge < -0.3 is 0 Å². The number of rotatable bonds is 7. The van der Waals surface area contributed by atoms with Crippen LogP contribution in [0.15, 0.2) is 18.2 Å². The number of hydrogen-bond acceptors (Lipinski definition) is 4. The van der Waals surface area contributed by atoms with E-state index in [0.29, 0.717) is 0 Å². The van der Waals surface area contributed by atoms with Gasteiger partial charge in [-0.3, -0.25) is 16.0 Å². The third kappa shape index (κ3) is 3.29. The van der Waals surface area contributed by atoms with Gasteiger partial charge in [-0.1, -0.05) is 13.8 Å². The zero-order valence-electron chi connectivity index (χ0n) is 12.5. The fourth-order valence-corrected chi connectivity index (χ4v) is 3.36. The highest BCUT2D eigenvalue weighted by molar-refractivity contribution is 7.12. The Balaban J connectivity index is 2.19. The van der Waals surface area contributed by atoms with Crippen molar-refractivity contribution >= 4 is 11.3 Å². The molecule has 0 aliphatic carbocycles. The number of aromatic nitrogens is 2. The molecular weight excluding hydrogens is 268 g/mol. The molecule has 1 unspecified atom stereocenters. The molecule has 4 nitrogen and oxygen atoms in total. The van der Waals surface area contributed by atoms with Crippen LogP contribution in [0.3, 0.4) is 0 Å². The summed E-state index contributed by atoms with van der Waals surface area (Å²) in [6.07, 6.45) is 2.93. The van der Waals surface area contributed by atoms with Crippen LogP contribution in [-0.4, -0.2) is 9.78 Å². The predicted molar refractivity (Wildman–Crippen MR) is 84.7 cm³/mol. The van der Waals surface area contributed by atoms with E-state index in [9.17, 15) is 0 Å². The molecular formula is C15H24N4S. The fraction of sp³-hybridized carbons (Fsp3) is 0.533. The van der Waals surface area contributed by atoms with Crippen LogP contribution in [0.25, 0.3) is 0 Å². The summed E-state index contributed by atoms with van der Waals surface area (Å²) in [4.78, 5) is 2.70. The number of nitrogens with one attached hydrogen (secondary N) is 1. The number of hydrogen-bond donors (Lipinski definition) is 2. The number of hydrazine groups is 1. The van der Waals surface area contributed by atoms with Gasteiger partial charge in [0.15, 0.2) is 0 Å². The second-order valence-electron chi connectivity index (χ2n) is 4.88. The van der Waals surface area contributed by atoms with E-state index in [1.54, 1.807) is 0 Å². The highest BCUT2D eigenvalue weighted by Crippen LogP contribution is 2.26. The minimum Gasteiger partial charge on any atom is -0.271 e. The van der Waals surface area contributed by atoms with Crippen LogP contribution < -0.4 is 11.3 Å². The van der Waals surface area contributed by atoms with Gasteiger partial charge in [-0.2, -0.15) is 5.10 Å². The molecule has 5 heteroatoms. The molecule has 2 heterocycles. The van der Waals surface area contributed by atoms with Gasteiger partial charge in [-0.15, -0.1) is 11.3 Å². The zero-order chi connectivity index (χ0) is 14.5. The van der Waals surface area contributed by atoms with Crippen LogP contribution in [0.4, 0.5) is 0 Å². The largest absolute Gasteiger partial charge is 0.271 e. The van der Waals surface area contributed by atoms with Crippen molar-refractivity contribution < 1.29 is 0 Å². The molecule has 0 aromatic carbocycles. The number of nitrogens with two attached hydrogens (primary N) is 1. The third-order valence-electron chi connectivity index (χ3n) is 3.56. The molecule has 0 aliphatic heterocycles. The summed E-state index contributed by atoms with van der Waals surface area (Å²) in [7, 11) is 0. The summed E-state index contributed by atoms with van der Waals surface area (Å²) in [5.41, 5.74) is 5.35. The van der Waals surface area contributed by atoms with Crippen LogP contribution in [0.2, 0.25) is 0 Å². The molecule has 0 spiro atoms. The molecule has 2 aromatic rings. The summed E-state index contributed by atoms with van der Waals surface area (Å²) >= 11 is 1.84. The van der Waals surface area contributed by atoms with Gasteiger partial charge in [-0.25, -0.2) is 0 Å². The fourth-order valence-electron chi connectivity index (χ4n) is 2.35. The standard InChI is InChI=1S/C15H24N4S/c1-4-11-9-12(19(6-3)18-11)10-14(17-16)15-8-7-13(5-2)20-15/h7-9,14,17H,4-6,10,16H2,1-3H3. The lowest BCUT2D eigenvalue weighted by Gasteiger charge is -2.14. The van der Waals surface area contributed by atoms with Crippen LogP contribution in [0, 0.1) is 0 Å². The Morgan fingerprint density at radius 3 is 2.65 bits per heavy atom. The molecule has 2 aromatic heterocycles. The van der Waals surface area contributed by atoms with Gasteiger partial charge in [0.1, 0.15) is 0 Å². The SMILES string of the molecule is CCc1cc(CC(NN)c2ccc(CC)s2)n(CC)n1. The Bertz CT molecular complexity index is 544. The molecule has 20 heavy (non-hydrogen) atoms. The second kappa shape index (κ2) is 7.02. The first kappa shape index (κ1) is 15.2. The maximum atomic E-state index is 5.76. The van der Waals surface area contributed by atoms with Gasteiger partial charge in [0.2, 0.25) is 0 Å². The number of aryl methyl sites for hydroxylation is 3.